The normalized spacial score (nSPS) is 28.3. The van der Waals surface area contributed by atoms with Gasteiger partial charge in [-0.05, 0) is 18.8 Å². The van der Waals surface area contributed by atoms with E-state index < -0.39 is 0 Å². The predicted molar refractivity (Wildman–Crippen MR) is 57.1 cm³/mol. The smallest absolute Gasteiger partial charge is 0.0580 e. The van der Waals surface area contributed by atoms with Gasteiger partial charge in [-0.2, -0.15) is 0 Å². The molecule has 0 aromatic carbocycles. The van der Waals surface area contributed by atoms with Gasteiger partial charge in [0.25, 0.3) is 0 Å². The van der Waals surface area contributed by atoms with E-state index in [2.05, 4.69) is 5.32 Å². The van der Waals surface area contributed by atoms with Gasteiger partial charge in [0.05, 0.1) is 6.10 Å². The van der Waals surface area contributed by atoms with E-state index in [1.165, 1.54) is 0 Å². The maximum atomic E-state index is 9.59. The monoisotopic (exact) mass is 201 g/mol. The first-order valence-corrected chi connectivity index (χ1v) is 5.55. The van der Waals surface area contributed by atoms with Gasteiger partial charge in [-0.3, -0.25) is 0 Å². The van der Waals surface area contributed by atoms with E-state index in [1.54, 1.807) is 0 Å². The van der Waals surface area contributed by atoms with Gasteiger partial charge in [-0.15, -0.1) is 0 Å². The van der Waals surface area contributed by atoms with Crippen molar-refractivity contribution in [2.24, 2.45) is 11.3 Å². The Hall–Kier alpha value is -0.120. The van der Waals surface area contributed by atoms with Crippen LogP contribution in [0.5, 0.6) is 0 Å². The molecule has 0 radical (unpaired) electrons. The highest BCUT2D eigenvalue weighted by atomic mass is 16.3. The molecule has 0 aromatic rings. The van der Waals surface area contributed by atoms with Gasteiger partial charge in [0, 0.05) is 25.1 Å². The Bertz CT molecular complexity index is 171. The van der Waals surface area contributed by atoms with E-state index in [-0.39, 0.29) is 18.1 Å². The van der Waals surface area contributed by atoms with E-state index in [0.29, 0.717) is 5.92 Å². The SMILES string of the molecule is CC(C)(CO)CNCC1CCCC1O. The summed E-state index contributed by atoms with van der Waals surface area (Å²) in [5.41, 5.74) is -0.0520. The summed E-state index contributed by atoms with van der Waals surface area (Å²) in [6.07, 6.45) is 3.13. The Kier molecular flexibility index (Phi) is 4.35. The Labute approximate surface area is 86.5 Å². The van der Waals surface area contributed by atoms with Crippen molar-refractivity contribution in [3.05, 3.63) is 0 Å². The van der Waals surface area contributed by atoms with Gasteiger partial charge in [0.2, 0.25) is 0 Å². The minimum atomic E-state index is -0.111. The molecule has 1 aliphatic carbocycles. The summed E-state index contributed by atoms with van der Waals surface area (Å²) in [6, 6.07) is 0. The molecule has 2 atom stereocenters. The van der Waals surface area contributed by atoms with Gasteiger partial charge in [0.15, 0.2) is 0 Å². The van der Waals surface area contributed by atoms with Crippen molar-refractivity contribution in [1.29, 1.82) is 0 Å². The minimum absolute atomic E-state index is 0.0520. The van der Waals surface area contributed by atoms with Crippen molar-refractivity contribution in [1.82, 2.24) is 5.32 Å². The molecule has 0 heterocycles. The third-order valence-corrected chi connectivity index (χ3v) is 3.06. The lowest BCUT2D eigenvalue weighted by atomic mass is 9.94. The average Bonchev–Trinajstić information content (AvgIpc) is 2.52. The lowest BCUT2D eigenvalue weighted by Gasteiger charge is -2.24. The first-order chi connectivity index (χ1) is 6.55. The van der Waals surface area contributed by atoms with E-state index in [9.17, 15) is 5.11 Å². The van der Waals surface area contributed by atoms with Gasteiger partial charge >= 0.3 is 0 Å². The van der Waals surface area contributed by atoms with Crippen molar-refractivity contribution >= 4 is 0 Å². The Morgan fingerprint density at radius 2 is 2.07 bits per heavy atom. The molecule has 14 heavy (non-hydrogen) atoms. The topological polar surface area (TPSA) is 52.5 Å². The molecular weight excluding hydrogens is 178 g/mol. The summed E-state index contributed by atoms with van der Waals surface area (Å²) in [7, 11) is 0. The molecule has 0 saturated heterocycles. The van der Waals surface area contributed by atoms with Crippen LogP contribution in [0.15, 0.2) is 0 Å². The lowest BCUT2D eigenvalue weighted by Crippen LogP contribution is -2.36. The molecule has 1 rings (SSSR count). The van der Waals surface area contributed by atoms with Crippen LogP contribution in [0.2, 0.25) is 0 Å². The molecule has 0 amide bonds. The van der Waals surface area contributed by atoms with Crippen molar-refractivity contribution in [3.8, 4) is 0 Å². The zero-order chi connectivity index (χ0) is 10.6. The van der Waals surface area contributed by atoms with Crippen LogP contribution >= 0.6 is 0 Å². The molecule has 0 aromatic heterocycles. The summed E-state index contributed by atoms with van der Waals surface area (Å²) in [6.45, 7) is 5.96. The lowest BCUT2D eigenvalue weighted by molar-refractivity contribution is 0.122. The van der Waals surface area contributed by atoms with E-state index in [1.807, 2.05) is 13.8 Å². The van der Waals surface area contributed by atoms with Crippen LogP contribution < -0.4 is 5.32 Å². The number of aliphatic hydroxyl groups excluding tert-OH is 2. The highest BCUT2D eigenvalue weighted by Gasteiger charge is 2.25. The fourth-order valence-corrected chi connectivity index (χ4v) is 1.91. The molecule has 0 spiro atoms. The van der Waals surface area contributed by atoms with Gasteiger partial charge in [-0.25, -0.2) is 0 Å². The molecule has 3 heteroatoms. The van der Waals surface area contributed by atoms with Gasteiger partial charge in [0.1, 0.15) is 0 Å². The van der Waals surface area contributed by atoms with Crippen molar-refractivity contribution in [3.63, 3.8) is 0 Å². The second-order valence-corrected chi connectivity index (χ2v) is 5.21. The number of rotatable bonds is 5. The fraction of sp³-hybridized carbons (Fsp3) is 1.00. The number of hydrogen-bond donors (Lipinski definition) is 3. The third-order valence-electron chi connectivity index (χ3n) is 3.06. The molecule has 0 bridgehead atoms. The van der Waals surface area contributed by atoms with Crippen LogP contribution in [0.4, 0.5) is 0 Å². The first kappa shape index (κ1) is 12.0. The predicted octanol–water partition coefficient (Wildman–Crippen LogP) is 0.756. The van der Waals surface area contributed by atoms with Crippen LogP contribution in [0.1, 0.15) is 33.1 Å². The van der Waals surface area contributed by atoms with Crippen molar-refractivity contribution in [2.45, 2.75) is 39.2 Å². The van der Waals surface area contributed by atoms with E-state index in [0.717, 1.165) is 32.4 Å². The highest BCUT2D eigenvalue weighted by Crippen LogP contribution is 2.24. The zero-order valence-electron chi connectivity index (χ0n) is 9.29. The maximum absolute atomic E-state index is 9.59. The molecule has 84 valence electrons. The summed E-state index contributed by atoms with van der Waals surface area (Å²) in [5.74, 6) is 0.421. The first-order valence-electron chi connectivity index (χ1n) is 5.55. The van der Waals surface area contributed by atoms with Gasteiger partial charge < -0.3 is 15.5 Å². The summed E-state index contributed by atoms with van der Waals surface area (Å²) in [4.78, 5) is 0. The van der Waals surface area contributed by atoms with Gasteiger partial charge in [-0.1, -0.05) is 20.3 Å². The fourth-order valence-electron chi connectivity index (χ4n) is 1.91. The Morgan fingerprint density at radius 1 is 1.36 bits per heavy atom. The van der Waals surface area contributed by atoms with Crippen molar-refractivity contribution < 1.29 is 10.2 Å². The van der Waals surface area contributed by atoms with Crippen LogP contribution in [0.3, 0.4) is 0 Å². The highest BCUT2D eigenvalue weighted by molar-refractivity contribution is 4.79. The molecule has 1 saturated carbocycles. The zero-order valence-corrected chi connectivity index (χ0v) is 9.29. The Morgan fingerprint density at radius 3 is 2.57 bits per heavy atom. The molecule has 3 N–H and O–H groups in total. The summed E-state index contributed by atoms with van der Waals surface area (Å²) in [5, 5.41) is 22.0. The standard InChI is InChI=1S/C11H23NO2/c1-11(2,8-13)7-12-6-9-4-3-5-10(9)14/h9-10,12-14H,3-8H2,1-2H3. The molecule has 0 aliphatic heterocycles. The molecule has 1 aliphatic rings. The summed E-state index contributed by atoms with van der Waals surface area (Å²) < 4.78 is 0. The van der Waals surface area contributed by atoms with Crippen LogP contribution in [-0.4, -0.2) is 36.0 Å². The number of hydrogen-bond acceptors (Lipinski definition) is 3. The molecule has 1 fully saturated rings. The number of nitrogens with one attached hydrogen (secondary N) is 1. The van der Waals surface area contributed by atoms with Crippen LogP contribution in [0, 0.1) is 11.3 Å². The number of aliphatic hydroxyl groups is 2. The van der Waals surface area contributed by atoms with E-state index >= 15 is 0 Å². The van der Waals surface area contributed by atoms with Crippen molar-refractivity contribution in [2.75, 3.05) is 19.7 Å². The molecule has 2 unspecified atom stereocenters. The average molecular weight is 201 g/mol. The second-order valence-electron chi connectivity index (χ2n) is 5.21. The Balaban J connectivity index is 2.15. The third kappa shape index (κ3) is 3.56. The summed E-state index contributed by atoms with van der Waals surface area (Å²) >= 11 is 0. The quantitative estimate of drug-likeness (QED) is 0.615. The second kappa shape index (κ2) is 5.10. The molecule has 3 nitrogen and oxygen atoms in total. The van der Waals surface area contributed by atoms with E-state index in [4.69, 9.17) is 5.11 Å². The molecular formula is C11H23NO2. The van der Waals surface area contributed by atoms with Crippen LogP contribution in [-0.2, 0) is 0 Å². The van der Waals surface area contributed by atoms with Crippen LogP contribution in [0.25, 0.3) is 0 Å². The maximum Gasteiger partial charge on any atom is 0.0580 e. The minimum Gasteiger partial charge on any atom is -0.396 e. The largest absolute Gasteiger partial charge is 0.396 e.